The van der Waals surface area contributed by atoms with E-state index in [9.17, 15) is 14.9 Å². The van der Waals surface area contributed by atoms with Crippen LogP contribution in [-0.4, -0.2) is 17.3 Å². The molecule has 0 aromatic heterocycles. The van der Waals surface area contributed by atoms with Gasteiger partial charge in [-0.15, -0.1) is 0 Å². The van der Waals surface area contributed by atoms with Crippen molar-refractivity contribution in [3.8, 4) is 5.75 Å². The predicted octanol–water partition coefficient (Wildman–Crippen LogP) is 4.40. The lowest BCUT2D eigenvalue weighted by Crippen LogP contribution is -2.14. The summed E-state index contributed by atoms with van der Waals surface area (Å²) in [4.78, 5) is 22.9. The molecule has 2 aromatic rings. The van der Waals surface area contributed by atoms with Crippen molar-refractivity contribution in [2.75, 3.05) is 6.61 Å². The Bertz CT molecular complexity index is 825. The molecule has 2 aromatic carbocycles. The van der Waals surface area contributed by atoms with E-state index in [1.54, 1.807) is 13.0 Å². The summed E-state index contributed by atoms with van der Waals surface area (Å²) in [6.07, 6.45) is 0. The molecule has 0 atom stereocenters. The monoisotopic (exact) mass is 327 g/mol. The van der Waals surface area contributed by atoms with E-state index in [1.807, 2.05) is 33.8 Å². The maximum absolute atomic E-state index is 12.5. The number of benzene rings is 2. The van der Waals surface area contributed by atoms with Crippen molar-refractivity contribution in [2.24, 2.45) is 0 Å². The summed E-state index contributed by atoms with van der Waals surface area (Å²) in [5, 5.41) is 10.8. The average Bonchev–Trinajstić information content (AvgIpc) is 2.53. The number of carbonyl (C=O) groups excluding carboxylic acids is 1. The summed E-state index contributed by atoms with van der Waals surface area (Å²) < 4.78 is 5.53. The highest BCUT2D eigenvalue weighted by Gasteiger charge is 2.15. The van der Waals surface area contributed by atoms with Gasteiger partial charge in [0.2, 0.25) is 0 Å². The number of ketones is 1. The highest BCUT2D eigenvalue weighted by Crippen LogP contribution is 2.24. The summed E-state index contributed by atoms with van der Waals surface area (Å²) >= 11 is 0. The molecule has 0 aliphatic heterocycles. The quantitative estimate of drug-likeness (QED) is 0.464. The molecule has 0 aliphatic carbocycles. The number of nitro groups is 1. The molecule has 0 saturated heterocycles. The van der Waals surface area contributed by atoms with Gasteiger partial charge in [0, 0.05) is 17.2 Å². The van der Waals surface area contributed by atoms with Crippen LogP contribution in [0.2, 0.25) is 0 Å². The van der Waals surface area contributed by atoms with Gasteiger partial charge in [0.05, 0.1) is 4.92 Å². The van der Waals surface area contributed by atoms with Gasteiger partial charge in [0.1, 0.15) is 5.75 Å². The van der Waals surface area contributed by atoms with E-state index in [4.69, 9.17) is 4.74 Å². The largest absolute Gasteiger partial charge is 0.485 e. The SMILES string of the molecule is Cc1cc(OCC(=O)c2cc(C)c(C)c(C)c2C)ccc1[N+](=O)[O-]. The van der Waals surface area contributed by atoms with E-state index in [2.05, 4.69) is 0 Å². The molecule has 0 spiro atoms. The molecule has 0 unspecified atom stereocenters. The van der Waals surface area contributed by atoms with Gasteiger partial charge in [0.25, 0.3) is 5.69 Å². The maximum atomic E-state index is 12.5. The first-order chi connectivity index (χ1) is 11.2. The second kappa shape index (κ2) is 6.83. The highest BCUT2D eigenvalue weighted by atomic mass is 16.6. The lowest BCUT2D eigenvalue weighted by Gasteiger charge is -2.14. The zero-order chi connectivity index (χ0) is 18.0. The second-order valence-electron chi connectivity index (χ2n) is 6.03. The Morgan fingerprint density at radius 1 is 1.00 bits per heavy atom. The third-order valence-electron chi connectivity index (χ3n) is 4.52. The van der Waals surface area contributed by atoms with E-state index in [1.165, 1.54) is 17.7 Å². The van der Waals surface area contributed by atoms with E-state index in [0.29, 0.717) is 16.9 Å². The molecule has 5 heteroatoms. The van der Waals surface area contributed by atoms with Crippen molar-refractivity contribution in [3.63, 3.8) is 0 Å². The van der Waals surface area contributed by atoms with E-state index >= 15 is 0 Å². The Hall–Kier alpha value is -2.69. The van der Waals surface area contributed by atoms with E-state index < -0.39 is 4.92 Å². The highest BCUT2D eigenvalue weighted by molar-refractivity contribution is 5.99. The number of carbonyl (C=O) groups is 1. The molecule has 0 amide bonds. The zero-order valence-electron chi connectivity index (χ0n) is 14.6. The normalized spacial score (nSPS) is 10.5. The van der Waals surface area contributed by atoms with Crippen LogP contribution < -0.4 is 4.74 Å². The Balaban J connectivity index is 2.17. The molecule has 0 N–H and O–H groups in total. The third kappa shape index (κ3) is 3.45. The first-order valence-electron chi connectivity index (χ1n) is 7.70. The van der Waals surface area contributed by atoms with Crippen molar-refractivity contribution < 1.29 is 14.5 Å². The lowest BCUT2D eigenvalue weighted by molar-refractivity contribution is -0.385. The molecular formula is C19H21NO4. The average molecular weight is 327 g/mol. The van der Waals surface area contributed by atoms with Crippen LogP contribution in [0.1, 0.15) is 38.2 Å². The number of hydrogen-bond donors (Lipinski definition) is 0. The van der Waals surface area contributed by atoms with Crippen LogP contribution in [0.25, 0.3) is 0 Å². The molecule has 126 valence electrons. The fraction of sp³-hybridized carbons (Fsp3) is 0.316. The van der Waals surface area contributed by atoms with Crippen molar-refractivity contribution in [1.29, 1.82) is 0 Å². The minimum atomic E-state index is -0.439. The molecule has 0 bridgehead atoms. The summed E-state index contributed by atoms with van der Waals surface area (Å²) in [6, 6.07) is 6.37. The Morgan fingerprint density at radius 2 is 1.67 bits per heavy atom. The van der Waals surface area contributed by atoms with Crippen LogP contribution in [0.5, 0.6) is 5.75 Å². The second-order valence-corrected chi connectivity index (χ2v) is 6.03. The van der Waals surface area contributed by atoms with Gasteiger partial charge >= 0.3 is 0 Å². The number of Topliss-reactive ketones (excluding diaryl/α,β-unsaturated/α-hetero) is 1. The van der Waals surface area contributed by atoms with Crippen LogP contribution in [-0.2, 0) is 0 Å². The fourth-order valence-corrected chi connectivity index (χ4v) is 2.65. The van der Waals surface area contributed by atoms with Gasteiger partial charge in [-0.2, -0.15) is 0 Å². The molecule has 2 rings (SSSR count). The predicted molar refractivity (Wildman–Crippen MR) is 93.0 cm³/mol. The number of nitrogens with zero attached hydrogens (tertiary/aromatic N) is 1. The molecule has 0 aliphatic rings. The molecule has 0 radical (unpaired) electrons. The topological polar surface area (TPSA) is 69.4 Å². The summed E-state index contributed by atoms with van der Waals surface area (Å²) in [6.45, 7) is 9.52. The van der Waals surface area contributed by atoms with Crippen LogP contribution in [0.3, 0.4) is 0 Å². The number of hydrogen-bond acceptors (Lipinski definition) is 4. The van der Waals surface area contributed by atoms with Crippen molar-refractivity contribution >= 4 is 11.5 Å². The molecule has 0 saturated carbocycles. The lowest BCUT2D eigenvalue weighted by atomic mass is 9.93. The first kappa shape index (κ1) is 17.7. The van der Waals surface area contributed by atoms with Gasteiger partial charge in [-0.25, -0.2) is 0 Å². The Kier molecular flexibility index (Phi) is 5.02. The summed E-state index contributed by atoms with van der Waals surface area (Å²) in [7, 11) is 0. The van der Waals surface area contributed by atoms with Crippen LogP contribution in [0.15, 0.2) is 24.3 Å². The summed E-state index contributed by atoms with van der Waals surface area (Å²) in [5.74, 6) is 0.347. The molecule has 24 heavy (non-hydrogen) atoms. The molecular weight excluding hydrogens is 306 g/mol. The number of rotatable bonds is 5. The summed E-state index contributed by atoms with van der Waals surface area (Å²) in [5.41, 5.74) is 5.55. The number of nitro benzene ring substituents is 1. The maximum Gasteiger partial charge on any atom is 0.272 e. The van der Waals surface area contributed by atoms with Crippen molar-refractivity contribution in [1.82, 2.24) is 0 Å². The smallest absolute Gasteiger partial charge is 0.272 e. The minimum Gasteiger partial charge on any atom is -0.485 e. The van der Waals surface area contributed by atoms with E-state index in [0.717, 1.165) is 16.7 Å². The Morgan fingerprint density at radius 3 is 2.25 bits per heavy atom. The van der Waals surface area contributed by atoms with E-state index in [-0.39, 0.29) is 18.1 Å². The minimum absolute atomic E-state index is 0.0364. The fourth-order valence-electron chi connectivity index (χ4n) is 2.65. The van der Waals surface area contributed by atoms with Gasteiger partial charge in [0.15, 0.2) is 12.4 Å². The number of ether oxygens (including phenoxy) is 1. The zero-order valence-corrected chi connectivity index (χ0v) is 14.6. The van der Waals surface area contributed by atoms with Gasteiger partial charge in [-0.1, -0.05) is 0 Å². The van der Waals surface area contributed by atoms with Gasteiger partial charge in [-0.3, -0.25) is 14.9 Å². The first-order valence-corrected chi connectivity index (χ1v) is 7.70. The van der Waals surface area contributed by atoms with Crippen molar-refractivity contribution in [2.45, 2.75) is 34.6 Å². The van der Waals surface area contributed by atoms with Crippen LogP contribution in [0, 0.1) is 44.7 Å². The molecule has 0 fully saturated rings. The standard InChI is InChI=1S/C19H21NO4/c1-11-9-17(15(5)14(4)13(11)3)19(21)10-24-16-6-7-18(20(22)23)12(2)8-16/h6-9H,10H2,1-5H3. The number of aryl methyl sites for hydroxylation is 2. The van der Waals surface area contributed by atoms with Crippen LogP contribution >= 0.6 is 0 Å². The molecule has 5 nitrogen and oxygen atoms in total. The third-order valence-corrected chi connectivity index (χ3v) is 4.52. The van der Waals surface area contributed by atoms with Crippen molar-refractivity contribution in [3.05, 3.63) is 67.8 Å². The molecule has 0 heterocycles. The van der Waals surface area contributed by atoms with Crippen LogP contribution in [0.4, 0.5) is 5.69 Å². The van der Waals surface area contributed by atoms with Gasteiger partial charge < -0.3 is 4.74 Å². The Labute approximate surface area is 141 Å². The van der Waals surface area contributed by atoms with Gasteiger partial charge in [-0.05, 0) is 75.1 Å².